The maximum atomic E-state index is 13.1. The number of aliphatic hydroxyl groups is 2. The average molecular weight is 508 g/mol. The van der Waals surface area contributed by atoms with E-state index >= 15 is 0 Å². The van der Waals surface area contributed by atoms with Crippen molar-refractivity contribution in [3.8, 4) is 16.9 Å². The summed E-state index contributed by atoms with van der Waals surface area (Å²) in [6.07, 6.45) is 1.56. The number of hydrogen-bond donors (Lipinski definition) is 3. The molecule has 0 spiro atoms. The van der Waals surface area contributed by atoms with Gasteiger partial charge in [-0.1, -0.05) is 11.6 Å². The molecule has 0 radical (unpaired) electrons. The van der Waals surface area contributed by atoms with E-state index in [1.54, 1.807) is 12.3 Å². The Morgan fingerprint density at radius 1 is 1.30 bits per heavy atom. The zero-order valence-corrected chi connectivity index (χ0v) is 20.0. The molecular formula is C23H23Cl2N3O4S. The van der Waals surface area contributed by atoms with Gasteiger partial charge in [-0.25, -0.2) is 0 Å². The number of alkyl halides is 1. The lowest BCUT2D eigenvalue weighted by Crippen LogP contribution is -2.50. The third kappa shape index (κ3) is 4.09. The molecule has 1 saturated heterocycles. The first-order chi connectivity index (χ1) is 15.9. The highest BCUT2D eigenvalue weighted by molar-refractivity contribution is 7.19. The maximum absolute atomic E-state index is 13.1. The topological polar surface area (TPSA) is 94.9 Å². The summed E-state index contributed by atoms with van der Waals surface area (Å²) in [6.45, 7) is 2.39. The number of aromatic nitrogens is 1. The number of fused-ring (bicyclic) bond motifs is 2. The van der Waals surface area contributed by atoms with Crippen LogP contribution in [0.1, 0.15) is 10.4 Å². The summed E-state index contributed by atoms with van der Waals surface area (Å²) in [5, 5.41) is 24.2. The Hall–Kier alpha value is -1.94. The second-order valence-electron chi connectivity index (χ2n) is 8.33. The number of pyridine rings is 1. The van der Waals surface area contributed by atoms with Crippen LogP contribution < -0.4 is 10.1 Å². The minimum absolute atomic E-state index is 0.0109. The summed E-state index contributed by atoms with van der Waals surface area (Å²) in [6, 6.07) is 7.28. The highest BCUT2D eigenvalue weighted by atomic mass is 35.5. The number of hydrogen-bond acceptors (Lipinski definition) is 7. The number of benzene rings is 1. The van der Waals surface area contributed by atoms with Crippen molar-refractivity contribution >= 4 is 50.7 Å². The Kier molecular flexibility index (Phi) is 6.24. The first-order valence-corrected chi connectivity index (χ1v) is 12.4. The molecule has 4 heterocycles. The summed E-state index contributed by atoms with van der Waals surface area (Å²) in [4.78, 5) is 19.9. The van der Waals surface area contributed by atoms with E-state index in [0.717, 1.165) is 34.5 Å². The lowest BCUT2D eigenvalue weighted by atomic mass is 10.0. The molecule has 1 aromatic carbocycles. The van der Waals surface area contributed by atoms with Crippen molar-refractivity contribution in [3.63, 3.8) is 0 Å². The molecule has 3 N–H and O–H groups in total. The molecule has 0 bridgehead atoms. The third-order valence-corrected chi connectivity index (χ3v) is 8.15. The van der Waals surface area contributed by atoms with Crippen LogP contribution in [0.4, 0.5) is 0 Å². The van der Waals surface area contributed by atoms with Gasteiger partial charge in [0.25, 0.3) is 5.91 Å². The zero-order valence-electron chi connectivity index (χ0n) is 17.7. The van der Waals surface area contributed by atoms with E-state index in [2.05, 4.69) is 10.3 Å². The summed E-state index contributed by atoms with van der Waals surface area (Å²) in [5.41, 5.74) is 1.62. The smallest absolute Gasteiger partial charge is 0.264 e. The van der Waals surface area contributed by atoms with Gasteiger partial charge in [0.1, 0.15) is 11.4 Å². The minimum Gasteiger partial charge on any atom is -0.479 e. The molecule has 2 aliphatic rings. The Morgan fingerprint density at radius 2 is 2.09 bits per heavy atom. The molecular weight excluding hydrogens is 485 g/mol. The maximum Gasteiger partial charge on any atom is 0.264 e. The fourth-order valence-corrected chi connectivity index (χ4v) is 6.09. The van der Waals surface area contributed by atoms with Gasteiger partial charge in [0.2, 0.25) is 0 Å². The van der Waals surface area contributed by atoms with Crippen LogP contribution in [0.5, 0.6) is 5.75 Å². The van der Waals surface area contributed by atoms with Gasteiger partial charge < -0.3 is 25.2 Å². The number of aliphatic hydroxyl groups excluding tert-OH is 1. The second-order valence-corrected chi connectivity index (χ2v) is 10.1. The van der Waals surface area contributed by atoms with Crippen molar-refractivity contribution in [1.82, 2.24) is 15.2 Å². The van der Waals surface area contributed by atoms with E-state index < -0.39 is 18.3 Å². The van der Waals surface area contributed by atoms with E-state index in [0.29, 0.717) is 40.7 Å². The van der Waals surface area contributed by atoms with Gasteiger partial charge >= 0.3 is 0 Å². The van der Waals surface area contributed by atoms with Crippen molar-refractivity contribution in [3.05, 3.63) is 45.9 Å². The highest BCUT2D eigenvalue weighted by Crippen LogP contribution is 2.45. The van der Waals surface area contributed by atoms with E-state index in [9.17, 15) is 15.0 Å². The number of nitrogens with one attached hydrogen (secondary N) is 1. The molecule has 5 rings (SSSR count). The fourth-order valence-electron chi connectivity index (χ4n) is 4.32. The van der Waals surface area contributed by atoms with Gasteiger partial charge in [0, 0.05) is 65.4 Å². The molecule has 3 aromatic rings. The first kappa shape index (κ1) is 22.8. The molecule has 33 heavy (non-hydrogen) atoms. The van der Waals surface area contributed by atoms with Gasteiger partial charge in [-0.3, -0.25) is 9.78 Å². The molecule has 0 aliphatic carbocycles. The Morgan fingerprint density at radius 3 is 2.82 bits per heavy atom. The van der Waals surface area contributed by atoms with E-state index in [1.165, 1.54) is 11.3 Å². The number of carbonyl (C=O) groups is 1. The molecule has 2 aromatic heterocycles. The van der Waals surface area contributed by atoms with Crippen LogP contribution >= 0.6 is 34.5 Å². The third-order valence-electron chi connectivity index (χ3n) is 6.14. The predicted molar refractivity (Wildman–Crippen MR) is 129 cm³/mol. The van der Waals surface area contributed by atoms with Crippen LogP contribution in [0.25, 0.3) is 21.3 Å². The summed E-state index contributed by atoms with van der Waals surface area (Å²) >= 11 is 13.7. The summed E-state index contributed by atoms with van der Waals surface area (Å²) in [5.74, 6) is 0.491. The predicted octanol–water partition coefficient (Wildman–Crippen LogP) is 2.77. The van der Waals surface area contributed by atoms with Gasteiger partial charge in [0.15, 0.2) is 6.10 Å². The van der Waals surface area contributed by atoms with Crippen molar-refractivity contribution in [2.24, 2.45) is 0 Å². The number of thiophene rings is 1. The van der Waals surface area contributed by atoms with Crippen LogP contribution in [0, 0.1) is 0 Å². The number of halogens is 2. The minimum atomic E-state index is -1.54. The molecule has 2 aliphatic heterocycles. The van der Waals surface area contributed by atoms with Crippen molar-refractivity contribution < 1.29 is 19.7 Å². The van der Waals surface area contributed by atoms with Crippen LogP contribution in [0.2, 0.25) is 5.02 Å². The van der Waals surface area contributed by atoms with Crippen LogP contribution in [0.15, 0.2) is 30.5 Å². The fraction of sp³-hybridized carbons (Fsp3) is 0.391. The lowest BCUT2D eigenvalue weighted by molar-refractivity contribution is -0.138. The molecule has 1 unspecified atom stereocenters. The number of piperazine rings is 1. The zero-order chi connectivity index (χ0) is 23.2. The SMILES string of the molecule is O=C([C@H]1Cc2cc(Cl)cc(-c3ccnc4cc(C(O)(CO)CCl)sc34)c2O1)N1CCNCC1. The largest absolute Gasteiger partial charge is 0.479 e. The molecule has 10 heteroatoms. The van der Waals surface area contributed by atoms with Crippen LogP contribution in [0.3, 0.4) is 0 Å². The Labute approximate surface area is 204 Å². The molecule has 1 fully saturated rings. The quantitative estimate of drug-likeness (QED) is 0.459. The van der Waals surface area contributed by atoms with Crippen molar-refractivity contribution in [2.45, 2.75) is 18.1 Å². The molecule has 7 nitrogen and oxygen atoms in total. The number of nitrogens with zero attached hydrogens (tertiary/aromatic N) is 2. The number of carbonyl (C=O) groups excluding carboxylic acids is 1. The van der Waals surface area contributed by atoms with Gasteiger partial charge in [-0.15, -0.1) is 22.9 Å². The monoisotopic (exact) mass is 507 g/mol. The molecule has 1 amide bonds. The van der Waals surface area contributed by atoms with E-state index in [4.69, 9.17) is 27.9 Å². The molecule has 174 valence electrons. The Balaban J connectivity index is 1.55. The summed E-state index contributed by atoms with van der Waals surface area (Å²) < 4.78 is 7.05. The van der Waals surface area contributed by atoms with Gasteiger partial charge in [0.05, 0.1) is 22.7 Å². The lowest BCUT2D eigenvalue weighted by Gasteiger charge is -2.29. The van der Waals surface area contributed by atoms with Crippen LogP contribution in [-0.2, 0) is 16.8 Å². The van der Waals surface area contributed by atoms with E-state index in [-0.39, 0.29) is 11.8 Å². The van der Waals surface area contributed by atoms with Crippen LogP contribution in [-0.4, -0.2) is 70.8 Å². The van der Waals surface area contributed by atoms with E-state index in [1.807, 2.05) is 23.1 Å². The molecule has 2 atom stereocenters. The molecule has 0 saturated carbocycles. The number of amides is 1. The average Bonchev–Trinajstić information content (AvgIpc) is 3.47. The van der Waals surface area contributed by atoms with Crippen molar-refractivity contribution in [2.75, 3.05) is 38.7 Å². The number of ether oxygens (including phenoxy) is 1. The Bertz CT molecular complexity index is 1210. The highest BCUT2D eigenvalue weighted by Gasteiger charge is 2.36. The number of rotatable bonds is 5. The van der Waals surface area contributed by atoms with Gasteiger partial charge in [-0.2, -0.15) is 0 Å². The second kappa shape index (κ2) is 9.02. The first-order valence-electron chi connectivity index (χ1n) is 10.7. The van der Waals surface area contributed by atoms with Gasteiger partial charge in [-0.05, 0) is 24.3 Å². The standard InChI is InChI=1S/C23H23Cl2N3O4S/c24-11-23(31,12-29)19-10-17-21(33-19)15(1-2-27-17)16-9-14(25)7-13-8-18(32-20(13)16)22(30)28-5-3-26-4-6-28/h1-2,7,9-10,18,26,29,31H,3-6,8,11-12H2/t18-,23?/m1/s1. The normalized spacial score (nSPS) is 19.9. The van der Waals surface area contributed by atoms with Crippen molar-refractivity contribution in [1.29, 1.82) is 0 Å². The summed E-state index contributed by atoms with van der Waals surface area (Å²) in [7, 11) is 0.